The van der Waals surface area contributed by atoms with Gasteiger partial charge in [-0.3, -0.25) is 14.6 Å². The Balaban J connectivity index is 1.80. The number of benzene rings is 1. The molecule has 1 aromatic heterocycles. The van der Waals surface area contributed by atoms with Crippen LogP contribution >= 0.6 is 0 Å². The number of H-pyrrole nitrogens is 1. The van der Waals surface area contributed by atoms with Crippen molar-refractivity contribution in [2.75, 3.05) is 35.9 Å². The van der Waals surface area contributed by atoms with Crippen LogP contribution in [0.2, 0.25) is 0 Å². The molecule has 4 N–H and O–H groups in total. The Labute approximate surface area is 207 Å². The van der Waals surface area contributed by atoms with E-state index in [2.05, 4.69) is 64.2 Å². The normalized spacial score (nSPS) is 17.5. The highest BCUT2D eigenvalue weighted by Crippen LogP contribution is 2.29. The number of anilines is 2. The minimum atomic E-state index is -3.40. The first-order valence-corrected chi connectivity index (χ1v) is 13.9. The largest absolute Gasteiger partial charge is 0.356 e. The summed E-state index contributed by atoms with van der Waals surface area (Å²) in [6.45, 7) is 10.9. The van der Waals surface area contributed by atoms with Crippen molar-refractivity contribution in [3.05, 3.63) is 18.2 Å². The molecule has 35 heavy (non-hydrogen) atoms. The second-order valence-electron chi connectivity index (χ2n) is 10.7. The van der Waals surface area contributed by atoms with Gasteiger partial charge in [-0.15, -0.1) is 0 Å². The zero-order chi connectivity index (χ0) is 25.9. The van der Waals surface area contributed by atoms with E-state index < -0.39 is 21.6 Å². The molecule has 1 amide bonds. The smallest absolute Gasteiger partial charge is 0.243 e. The van der Waals surface area contributed by atoms with Gasteiger partial charge in [0.2, 0.25) is 15.9 Å². The molecule has 3 rings (SSSR count). The third kappa shape index (κ3) is 7.32. The second kappa shape index (κ2) is 10.4. The minimum absolute atomic E-state index is 0.155. The Hall–Kier alpha value is -2.84. The monoisotopic (exact) mass is 503 g/mol. The van der Waals surface area contributed by atoms with E-state index in [9.17, 15) is 18.5 Å². The molecule has 1 aromatic carbocycles. The molecule has 192 valence electrons. The number of hydrogen-bond acceptors (Lipinski definition) is 7. The van der Waals surface area contributed by atoms with Crippen LogP contribution in [0, 0.1) is 16.7 Å². The van der Waals surface area contributed by atoms with Crippen LogP contribution in [-0.2, 0) is 14.8 Å². The summed E-state index contributed by atoms with van der Waals surface area (Å²) in [6.07, 6.45) is 3.88. The first-order valence-electron chi connectivity index (χ1n) is 12.0. The van der Waals surface area contributed by atoms with Crippen LogP contribution < -0.4 is 15.4 Å². The third-order valence-corrected chi connectivity index (χ3v) is 6.74. The summed E-state index contributed by atoms with van der Waals surface area (Å²) in [7, 11) is -3.40. The van der Waals surface area contributed by atoms with Crippen molar-refractivity contribution in [3.63, 3.8) is 0 Å². The predicted octanol–water partition coefficient (Wildman–Crippen LogP) is 3.04. The van der Waals surface area contributed by atoms with Crippen molar-refractivity contribution in [2.24, 2.45) is 5.41 Å². The molecule has 0 saturated carbocycles. The summed E-state index contributed by atoms with van der Waals surface area (Å²) in [5, 5.41) is 24.3. The number of piperidine rings is 1. The van der Waals surface area contributed by atoms with E-state index in [-0.39, 0.29) is 11.3 Å². The van der Waals surface area contributed by atoms with Crippen molar-refractivity contribution in [3.8, 4) is 6.07 Å². The van der Waals surface area contributed by atoms with E-state index in [0.717, 1.165) is 37.7 Å². The first-order chi connectivity index (χ1) is 16.3. The van der Waals surface area contributed by atoms with Crippen molar-refractivity contribution in [1.29, 1.82) is 5.26 Å². The average Bonchev–Trinajstić information content (AvgIpc) is 3.14. The molecule has 0 radical (unpaired) electrons. The number of aromatic amines is 1. The van der Waals surface area contributed by atoms with Crippen LogP contribution in [0.3, 0.4) is 0 Å². The quantitative estimate of drug-likeness (QED) is 0.412. The maximum absolute atomic E-state index is 13.5. The van der Waals surface area contributed by atoms with Gasteiger partial charge >= 0.3 is 0 Å². The van der Waals surface area contributed by atoms with E-state index >= 15 is 0 Å². The number of nitriles is 1. The van der Waals surface area contributed by atoms with Crippen LogP contribution in [0.15, 0.2) is 18.2 Å². The van der Waals surface area contributed by atoms with E-state index in [4.69, 9.17) is 0 Å². The highest BCUT2D eigenvalue weighted by Gasteiger charge is 2.38. The molecule has 1 atom stereocenters. The maximum Gasteiger partial charge on any atom is 0.243 e. The zero-order valence-corrected chi connectivity index (χ0v) is 22.1. The molecule has 1 fully saturated rings. The summed E-state index contributed by atoms with van der Waals surface area (Å²) in [5.74, 6) is 0.274. The number of amides is 1. The van der Waals surface area contributed by atoms with Crippen molar-refractivity contribution in [2.45, 2.75) is 65.0 Å². The summed E-state index contributed by atoms with van der Waals surface area (Å²) in [6, 6.07) is 6.83. The fourth-order valence-electron chi connectivity index (χ4n) is 4.46. The lowest BCUT2D eigenvalue weighted by molar-refractivity contribution is -0.124. The molecule has 0 aliphatic carbocycles. The fraction of sp³-hybridized carbons (Fsp3) is 0.625. The number of likely N-dealkylation sites (tertiary alicyclic amines) is 1. The van der Waals surface area contributed by atoms with Gasteiger partial charge in [-0.25, -0.2) is 8.42 Å². The molecular weight excluding hydrogens is 466 g/mol. The van der Waals surface area contributed by atoms with Crippen LogP contribution in [0.1, 0.15) is 53.4 Å². The van der Waals surface area contributed by atoms with Crippen molar-refractivity contribution in [1.82, 2.24) is 20.4 Å². The third-order valence-electron chi connectivity index (χ3n) is 6.14. The van der Waals surface area contributed by atoms with Gasteiger partial charge in [0.15, 0.2) is 5.82 Å². The molecule has 2 aromatic rings. The van der Waals surface area contributed by atoms with E-state index in [0.29, 0.717) is 36.3 Å². The molecule has 1 aliphatic heterocycles. The van der Waals surface area contributed by atoms with Gasteiger partial charge in [0.05, 0.1) is 23.5 Å². The molecule has 0 bridgehead atoms. The van der Waals surface area contributed by atoms with E-state index in [1.807, 2.05) is 0 Å². The summed E-state index contributed by atoms with van der Waals surface area (Å²) < 4.78 is 25.5. The number of hydrogen-bond donors (Lipinski definition) is 4. The van der Waals surface area contributed by atoms with Crippen LogP contribution in [0.4, 0.5) is 11.5 Å². The number of aromatic nitrogens is 2. The Morgan fingerprint density at radius 2 is 2.00 bits per heavy atom. The van der Waals surface area contributed by atoms with E-state index in [1.165, 1.54) is 0 Å². The number of carbonyl (C=O) groups excluding carboxylic acids is 1. The predicted molar refractivity (Wildman–Crippen MR) is 138 cm³/mol. The second-order valence-corrected chi connectivity index (χ2v) is 12.4. The Bertz CT molecular complexity index is 1190. The number of carbonyl (C=O) groups is 1. The molecule has 1 aliphatic rings. The average molecular weight is 504 g/mol. The summed E-state index contributed by atoms with van der Waals surface area (Å²) in [4.78, 5) is 15.8. The number of nitrogens with one attached hydrogen (secondary N) is 4. The van der Waals surface area contributed by atoms with Gasteiger partial charge in [0.25, 0.3) is 0 Å². The molecular formula is C24H37N7O3S. The molecule has 2 heterocycles. The minimum Gasteiger partial charge on any atom is -0.356 e. The van der Waals surface area contributed by atoms with Crippen molar-refractivity contribution >= 4 is 38.3 Å². The highest BCUT2D eigenvalue weighted by molar-refractivity contribution is 7.92. The maximum atomic E-state index is 13.5. The standard InChI is InChI=1S/C24H37N7O3S/c1-6-11-31-12-9-24(16-25,10-13-31)27-22(32)20(15-23(2,3)4)26-21-18-8-7-17(30-35(5,33)34)14-19(18)28-29-21/h7-8,14,20,30H,6,9-13,15H2,1-5H3,(H,27,32)(H2,26,28,29). The Morgan fingerprint density at radius 3 is 2.57 bits per heavy atom. The highest BCUT2D eigenvalue weighted by atomic mass is 32.2. The summed E-state index contributed by atoms with van der Waals surface area (Å²) in [5.41, 5.74) is 0.0224. The van der Waals surface area contributed by atoms with Crippen molar-refractivity contribution < 1.29 is 13.2 Å². The Morgan fingerprint density at radius 1 is 1.31 bits per heavy atom. The SMILES string of the molecule is CCCN1CCC(C#N)(NC(=O)C(CC(C)(C)C)Nc2n[nH]c3cc(NS(C)(=O)=O)ccc23)CC1. The lowest BCUT2D eigenvalue weighted by atomic mass is 9.85. The zero-order valence-electron chi connectivity index (χ0n) is 21.2. The lowest BCUT2D eigenvalue weighted by Gasteiger charge is -2.38. The number of rotatable bonds is 9. The number of sulfonamides is 1. The molecule has 10 nitrogen and oxygen atoms in total. The molecule has 0 spiro atoms. The summed E-state index contributed by atoms with van der Waals surface area (Å²) >= 11 is 0. The van der Waals surface area contributed by atoms with Gasteiger partial charge in [0, 0.05) is 18.5 Å². The van der Waals surface area contributed by atoms with Crippen LogP contribution in [0.5, 0.6) is 0 Å². The van der Waals surface area contributed by atoms with Gasteiger partial charge in [-0.1, -0.05) is 27.7 Å². The van der Waals surface area contributed by atoms with Gasteiger partial charge < -0.3 is 15.5 Å². The molecule has 1 saturated heterocycles. The lowest BCUT2D eigenvalue weighted by Crippen LogP contribution is -2.57. The first kappa shape index (κ1) is 26.8. The number of nitrogens with zero attached hydrogens (tertiary/aromatic N) is 3. The number of fused-ring (bicyclic) bond motifs is 1. The van der Waals surface area contributed by atoms with E-state index in [1.54, 1.807) is 18.2 Å². The Kier molecular flexibility index (Phi) is 7.97. The van der Waals surface area contributed by atoms with Crippen LogP contribution in [0.25, 0.3) is 10.9 Å². The van der Waals surface area contributed by atoms with Crippen LogP contribution in [-0.4, -0.2) is 66.9 Å². The molecule has 1 unspecified atom stereocenters. The molecule has 11 heteroatoms. The van der Waals surface area contributed by atoms with Gasteiger partial charge in [-0.05, 0) is 55.8 Å². The van der Waals surface area contributed by atoms with Gasteiger partial charge in [-0.2, -0.15) is 10.4 Å². The fourth-order valence-corrected chi connectivity index (χ4v) is 5.01. The van der Waals surface area contributed by atoms with Gasteiger partial charge in [0.1, 0.15) is 11.6 Å². The topological polar surface area (TPSA) is 143 Å².